The fourth-order valence-electron chi connectivity index (χ4n) is 2.05. The van der Waals surface area contributed by atoms with Crippen molar-refractivity contribution in [2.45, 2.75) is 0 Å². The number of aldehydes is 1. The highest BCUT2D eigenvalue weighted by Crippen LogP contribution is 2.23. The van der Waals surface area contributed by atoms with Crippen molar-refractivity contribution in [3.8, 4) is 5.75 Å². The van der Waals surface area contributed by atoms with Crippen LogP contribution in [0.1, 0.15) is 10.4 Å². The van der Waals surface area contributed by atoms with Crippen LogP contribution < -0.4 is 10.2 Å². The van der Waals surface area contributed by atoms with Crippen molar-refractivity contribution in [2.24, 2.45) is 0 Å². The first-order valence-electron chi connectivity index (χ1n) is 5.73. The number of methoxy groups -OCH3 is 1. The van der Waals surface area contributed by atoms with E-state index in [0.717, 1.165) is 6.29 Å². The van der Waals surface area contributed by atoms with E-state index in [-0.39, 0.29) is 5.43 Å². The molecule has 0 aliphatic heterocycles. The van der Waals surface area contributed by atoms with Crippen molar-refractivity contribution in [3.05, 3.63) is 52.2 Å². The van der Waals surface area contributed by atoms with E-state index in [1.54, 1.807) is 43.5 Å². The number of carbonyl (C=O) groups excluding carboxylic acids is 1. The van der Waals surface area contributed by atoms with Gasteiger partial charge in [0.25, 0.3) is 0 Å². The molecule has 4 nitrogen and oxygen atoms in total. The zero-order valence-electron chi connectivity index (χ0n) is 10.2. The van der Waals surface area contributed by atoms with E-state index >= 15 is 0 Å². The average molecular weight is 254 g/mol. The van der Waals surface area contributed by atoms with E-state index in [4.69, 9.17) is 9.15 Å². The molecule has 0 unspecified atom stereocenters. The lowest BCUT2D eigenvalue weighted by atomic mass is 10.1. The Hall–Kier alpha value is -2.62. The van der Waals surface area contributed by atoms with Gasteiger partial charge in [0, 0.05) is 11.6 Å². The van der Waals surface area contributed by atoms with Crippen LogP contribution in [0, 0.1) is 0 Å². The average Bonchev–Trinajstić information content (AvgIpc) is 2.46. The molecule has 2 aromatic carbocycles. The van der Waals surface area contributed by atoms with Gasteiger partial charge in [-0.25, -0.2) is 0 Å². The van der Waals surface area contributed by atoms with Gasteiger partial charge in [-0.1, -0.05) is 6.07 Å². The number of benzene rings is 2. The van der Waals surface area contributed by atoms with Gasteiger partial charge in [0.05, 0.1) is 17.9 Å². The van der Waals surface area contributed by atoms with Crippen molar-refractivity contribution in [2.75, 3.05) is 7.11 Å². The molecule has 94 valence electrons. The summed E-state index contributed by atoms with van der Waals surface area (Å²) < 4.78 is 10.8. The van der Waals surface area contributed by atoms with E-state index in [1.807, 2.05) is 0 Å². The number of ether oxygens (including phenoxy) is 1. The van der Waals surface area contributed by atoms with Gasteiger partial charge < -0.3 is 9.15 Å². The standard InChI is InChI=1S/C15H10O4/c1-18-10-3-5-12-14(7-10)19-13-6-9(8-16)2-4-11(13)15(12)17/h2-8H,1H3. The molecule has 0 bridgehead atoms. The van der Waals surface area contributed by atoms with Gasteiger partial charge in [0.2, 0.25) is 5.43 Å². The van der Waals surface area contributed by atoms with Crippen LogP contribution in [0.25, 0.3) is 21.9 Å². The van der Waals surface area contributed by atoms with E-state index in [0.29, 0.717) is 33.3 Å². The van der Waals surface area contributed by atoms with Crippen molar-refractivity contribution in [1.29, 1.82) is 0 Å². The van der Waals surface area contributed by atoms with E-state index < -0.39 is 0 Å². The van der Waals surface area contributed by atoms with Gasteiger partial charge in [-0.3, -0.25) is 9.59 Å². The highest BCUT2D eigenvalue weighted by Gasteiger charge is 2.09. The minimum absolute atomic E-state index is 0.114. The fraction of sp³-hybridized carbons (Fsp3) is 0.0667. The Morgan fingerprint density at radius 1 is 1.05 bits per heavy atom. The van der Waals surface area contributed by atoms with Crippen LogP contribution in [0.15, 0.2) is 45.6 Å². The third-order valence-corrected chi connectivity index (χ3v) is 3.04. The molecule has 1 aromatic heterocycles. The van der Waals surface area contributed by atoms with Gasteiger partial charge in [-0.15, -0.1) is 0 Å². The van der Waals surface area contributed by atoms with Gasteiger partial charge in [-0.05, 0) is 24.3 Å². The predicted molar refractivity (Wildman–Crippen MR) is 71.9 cm³/mol. The normalized spacial score (nSPS) is 10.8. The zero-order chi connectivity index (χ0) is 13.4. The third-order valence-electron chi connectivity index (χ3n) is 3.04. The van der Waals surface area contributed by atoms with Crippen LogP contribution in [0.5, 0.6) is 5.75 Å². The molecule has 19 heavy (non-hydrogen) atoms. The van der Waals surface area contributed by atoms with E-state index in [1.165, 1.54) is 0 Å². The van der Waals surface area contributed by atoms with Gasteiger partial charge in [0.15, 0.2) is 0 Å². The van der Waals surface area contributed by atoms with Crippen molar-refractivity contribution in [1.82, 2.24) is 0 Å². The highest BCUT2D eigenvalue weighted by molar-refractivity contribution is 5.92. The lowest BCUT2D eigenvalue weighted by Crippen LogP contribution is -2.02. The van der Waals surface area contributed by atoms with Gasteiger partial charge in [-0.2, -0.15) is 0 Å². The Morgan fingerprint density at radius 3 is 2.42 bits per heavy atom. The molecule has 0 amide bonds. The first kappa shape index (κ1) is 11.5. The number of carbonyl (C=O) groups is 1. The molecule has 0 radical (unpaired) electrons. The second-order valence-corrected chi connectivity index (χ2v) is 4.17. The Kier molecular flexibility index (Phi) is 2.56. The second-order valence-electron chi connectivity index (χ2n) is 4.17. The summed E-state index contributed by atoms with van der Waals surface area (Å²) >= 11 is 0. The molecule has 0 fully saturated rings. The topological polar surface area (TPSA) is 56.5 Å². The summed E-state index contributed by atoms with van der Waals surface area (Å²) in [6, 6.07) is 9.81. The first-order valence-corrected chi connectivity index (χ1v) is 5.73. The van der Waals surface area contributed by atoms with Crippen LogP contribution in [0.4, 0.5) is 0 Å². The van der Waals surface area contributed by atoms with E-state index in [2.05, 4.69) is 0 Å². The summed E-state index contributed by atoms with van der Waals surface area (Å²) in [5.41, 5.74) is 1.20. The Balaban J connectivity index is 2.44. The maximum atomic E-state index is 12.3. The molecular weight excluding hydrogens is 244 g/mol. The summed E-state index contributed by atoms with van der Waals surface area (Å²) in [4.78, 5) is 23.1. The number of hydrogen-bond donors (Lipinski definition) is 0. The molecule has 0 atom stereocenters. The molecule has 4 heteroatoms. The highest BCUT2D eigenvalue weighted by atomic mass is 16.5. The van der Waals surface area contributed by atoms with Crippen molar-refractivity contribution < 1.29 is 13.9 Å². The lowest BCUT2D eigenvalue weighted by Gasteiger charge is -2.04. The molecule has 3 rings (SSSR count). The third kappa shape index (κ3) is 1.78. The summed E-state index contributed by atoms with van der Waals surface area (Å²) in [5.74, 6) is 0.613. The van der Waals surface area contributed by atoms with Crippen molar-refractivity contribution >= 4 is 28.2 Å². The Morgan fingerprint density at radius 2 is 1.74 bits per heavy atom. The summed E-state index contributed by atoms with van der Waals surface area (Å²) in [6.07, 6.45) is 0.717. The molecule has 3 aromatic rings. The number of fused-ring (bicyclic) bond motifs is 2. The maximum Gasteiger partial charge on any atom is 0.200 e. The van der Waals surface area contributed by atoms with Crippen LogP contribution in [-0.4, -0.2) is 13.4 Å². The summed E-state index contributed by atoms with van der Waals surface area (Å²) in [6.45, 7) is 0. The summed E-state index contributed by atoms with van der Waals surface area (Å²) in [7, 11) is 1.55. The summed E-state index contributed by atoms with van der Waals surface area (Å²) in [5, 5.41) is 0.954. The Bertz CT molecular complexity index is 846. The zero-order valence-corrected chi connectivity index (χ0v) is 10.2. The SMILES string of the molecule is COc1ccc2c(=O)c3ccc(C=O)cc3oc2c1. The van der Waals surface area contributed by atoms with Crippen LogP contribution >= 0.6 is 0 Å². The lowest BCUT2D eigenvalue weighted by molar-refractivity contribution is 0.112. The fourth-order valence-corrected chi connectivity index (χ4v) is 2.05. The van der Waals surface area contributed by atoms with E-state index in [9.17, 15) is 9.59 Å². The minimum Gasteiger partial charge on any atom is -0.497 e. The monoisotopic (exact) mass is 254 g/mol. The maximum absolute atomic E-state index is 12.3. The quantitative estimate of drug-likeness (QED) is 0.521. The largest absolute Gasteiger partial charge is 0.497 e. The molecular formula is C15H10O4. The molecule has 0 spiro atoms. The molecule has 0 saturated carbocycles. The molecule has 0 aliphatic carbocycles. The van der Waals surface area contributed by atoms with Crippen LogP contribution in [0.2, 0.25) is 0 Å². The van der Waals surface area contributed by atoms with Crippen molar-refractivity contribution in [3.63, 3.8) is 0 Å². The number of rotatable bonds is 2. The molecule has 0 aliphatic rings. The number of hydrogen-bond acceptors (Lipinski definition) is 4. The van der Waals surface area contributed by atoms with Crippen LogP contribution in [0.3, 0.4) is 0 Å². The van der Waals surface area contributed by atoms with Crippen LogP contribution in [-0.2, 0) is 0 Å². The second kappa shape index (κ2) is 4.24. The predicted octanol–water partition coefficient (Wildman–Crippen LogP) is 2.77. The van der Waals surface area contributed by atoms with Gasteiger partial charge in [0.1, 0.15) is 23.2 Å². The Labute approximate surface area is 108 Å². The minimum atomic E-state index is -0.114. The first-order chi connectivity index (χ1) is 9.22. The smallest absolute Gasteiger partial charge is 0.200 e. The van der Waals surface area contributed by atoms with Gasteiger partial charge >= 0.3 is 0 Å². The molecule has 0 saturated heterocycles. The molecule has 0 N–H and O–H groups in total. The molecule has 1 heterocycles.